The average molecular weight is 359 g/mol. The normalized spacial score (nSPS) is 17.2. The van der Waals surface area contributed by atoms with Gasteiger partial charge < -0.3 is 14.6 Å². The number of halogens is 1. The van der Waals surface area contributed by atoms with Gasteiger partial charge in [0.15, 0.2) is 5.89 Å². The quantitative estimate of drug-likeness (QED) is 0.888. The van der Waals surface area contributed by atoms with Crippen molar-refractivity contribution in [1.82, 2.24) is 15.2 Å². The van der Waals surface area contributed by atoms with Crippen LogP contribution in [0.5, 0.6) is 0 Å². The van der Waals surface area contributed by atoms with Crippen LogP contribution in [-0.2, 0) is 16.0 Å². The highest BCUT2D eigenvalue weighted by Crippen LogP contribution is 2.27. The predicted molar refractivity (Wildman–Crippen MR) is 92.9 cm³/mol. The van der Waals surface area contributed by atoms with Crippen molar-refractivity contribution in [3.8, 4) is 0 Å². The highest BCUT2D eigenvalue weighted by molar-refractivity contribution is 5.83. The maximum Gasteiger partial charge on any atom is 0.241 e. The summed E-state index contributed by atoms with van der Waals surface area (Å²) in [4.78, 5) is 29.2. The lowest BCUT2D eigenvalue weighted by Gasteiger charge is -2.31. The minimum Gasteiger partial charge on any atom is -0.445 e. The Morgan fingerprint density at radius 3 is 3.04 bits per heavy atom. The molecule has 0 saturated carbocycles. The number of hydrogen-bond acceptors (Lipinski definition) is 4. The molecule has 0 spiro atoms. The van der Waals surface area contributed by atoms with Gasteiger partial charge in [0.2, 0.25) is 11.8 Å². The fraction of sp³-hybridized carbons (Fsp3) is 0.421. The van der Waals surface area contributed by atoms with Gasteiger partial charge in [0, 0.05) is 26.4 Å². The number of nitrogens with one attached hydrogen (secondary N) is 1. The molecule has 1 saturated heterocycles. The zero-order valence-corrected chi connectivity index (χ0v) is 14.7. The molecule has 3 rings (SSSR count). The number of likely N-dealkylation sites (tertiary alicyclic amines) is 1. The molecule has 2 amide bonds. The molecule has 1 aliphatic heterocycles. The van der Waals surface area contributed by atoms with E-state index in [1.54, 1.807) is 17.2 Å². The van der Waals surface area contributed by atoms with Crippen molar-refractivity contribution < 1.29 is 18.4 Å². The second-order valence-corrected chi connectivity index (χ2v) is 6.56. The number of nitrogens with zero attached hydrogens (tertiary/aromatic N) is 2. The van der Waals surface area contributed by atoms with Gasteiger partial charge in [-0.3, -0.25) is 9.59 Å². The van der Waals surface area contributed by atoms with Crippen LogP contribution in [0, 0.1) is 5.82 Å². The standard InChI is InChI=1S/C19H22FN3O3/c1-13(24)21-11-18(25)23-7-3-5-15(12-23)19-22-10-17(26-19)9-14-4-2-6-16(20)8-14/h2,4,6,8,10,15H,3,5,7,9,11-12H2,1H3,(H,21,24)/t15-/m0/s1. The number of piperidine rings is 1. The van der Waals surface area contributed by atoms with Crippen molar-refractivity contribution in [3.05, 3.63) is 53.5 Å². The van der Waals surface area contributed by atoms with Crippen molar-refractivity contribution in [2.24, 2.45) is 0 Å². The van der Waals surface area contributed by atoms with Gasteiger partial charge in [-0.15, -0.1) is 0 Å². The Morgan fingerprint density at radius 1 is 1.42 bits per heavy atom. The number of rotatable bonds is 5. The van der Waals surface area contributed by atoms with Gasteiger partial charge in [-0.2, -0.15) is 0 Å². The van der Waals surface area contributed by atoms with Crippen LogP contribution >= 0.6 is 0 Å². The molecule has 1 aromatic heterocycles. The Morgan fingerprint density at radius 2 is 2.27 bits per heavy atom. The lowest BCUT2D eigenvalue weighted by molar-refractivity contribution is -0.133. The minimum atomic E-state index is -0.275. The summed E-state index contributed by atoms with van der Waals surface area (Å²) in [5.74, 6) is 0.716. The third-order valence-electron chi connectivity index (χ3n) is 4.45. The van der Waals surface area contributed by atoms with Gasteiger partial charge in [0.05, 0.1) is 18.7 Å². The summed E-state index contributed by atoms with van der Waals surface area (Å²) in [6.07, 6.45) is 3.89. The van der Waals surface area contributed by atoms with E-state index >= 15 is 0 Å². The van der Waals surface area contributed by atoms with Crippen LogP contribution < -0.4 is 5.32 Å². The SMILES string of the molecule is CC(=O)NCC(=O)N1CCC[C@H](c2ncc(Cc3cccc(F)c3)o2)C1. The fourth-order valence-corrected chi connectivity index (χ4v) is 3.16. The molecule has 6 nitrogen and oxygen atoms in total. The molecule has 2 heterocycles. The smallest absolute Gasteiger partial charge is 0.241 e. The summed E-state index contributed by atoms with van der Waals surface area (Å²) >= 11 is 0. The highest BCUT2D eigenvalue weighted by atomic mass is 19.1. The molecule has 0 radical (unpaired) electrons. The van der Waals surface area contributed by atoms with Crippen LogP contribution in [-0.4, -0.2) is 41.3 Å². The molecule has 1 atom stereocenters. The molecular formula is C19H22FN3O3. The Balaban J connectivity index is 1.61. The number of amides is 2. The summed E-state index contributed by atoms with van der Waals surface area (Å²) in [5, 5.41) is 2.53. The van der Waals surface area contributed by atoms with Crippen molar-refractivity contribution >= 4 is 11.8 Å². The van der Waals surface area contributed by atoms with Crippen LogP contribution in [0.2, 0.25) is 0 Å². The molecule has 1 aliphatic rings. The first-order chi connectivity index (χ1) is 12.5. The van der Waals surface area contributed by atoms with E-state index in [-0.39, 0.29) is 30.1 Å². The van der Waals surface area contributed by atoms with E-state index in [0.29, 0.717) is 31.2 Å². The largest absolute Gasteiger partial charge is 0.445 e. The molecule has 0 unspecified atom stereocenters. The van der Waals surface area contributed by atoms with Crippen LogP contribution in [0.3, 0.4) is 0 Å². The molecule has 0 bridgehead atoms. The lowest BCUT2D eigenvalue weighted by Crippen LogP contribution is -2.44. The molecule has 7 heteroatoms. The molecule has 2 aromatic rings. The van der Waals surface area contributed by atoms with Gasteiger partial charge in [-0.1, -0.05) is 12.1 Å². The van der Waals surface area contributed by atoms with Crippen molar-refractivity contribution in [2.75, 3.05) is 19.6 Å². The summed E-state index contributed by atoms with van der Waals surface area (Å²) in [6.45, 7) is 2.60. The third kappa shape index (κ3) is 4.68. The highest BCUT2D eigenvalue weighted by Gasteiger charge is 2.27. The molecular weight excluding hydrogens is 337 g/mol. The summed E-state index contributed by atoms with van der Waals surface area (Å²) in [5.41, 5.74) is 0.823. The number of aromatic nitrogens is 1. The van der Waals surface area contributed by atoms with Gasteiger partial charge in [-0.05, 0) is 30.5 Å². The molecule has 138 valence electrons. The topological polar surface area (TPSA) is 75.4 Å². The van der Waals surface area contributed by atoms with E-state index in [4.69, 9.17) is 4.42 Å². The minimum absolute atomic E-state index is 0.0124. The second-order valence-electron chi connectivity index (χ2n) is 6.56. The maximum atomic E-state index is 13.3. The second kappa shape index (κ2) is 8.12. The lowest BCUT2D eigenvalue weighted by atomic mass is 9.98. The van der Waals surface area contributed by atoms with E-state index in [9.17, 15) is 14.0 Å². The van der Waals surface area contributed by atoms with E-state index in [1.165, 1.54) is 19.1 Å². The predicted octanol–water partition coefficient (Wildman–Crippen LogP) is 2.25. The third-order valence-corrected chi connectivity index (χ3v) is 4.45. The van der Waals surface area contributed by atoms with Gasteiger partial charge in [-0.25, -0.2) is 9.37 Å². The first-order valence-corrected chi connectivity index (χ1v) is 8.72. The molecule has 1 aromatic carbocycles. The van der Waals surface area contributed by atoms with E-state index in [1.807, 2.05) is 6.07 Å². The summed E-state index contributed by atoms with van der Waals surface area (Å²) < 4.78 is 19.1. The van der Waals surface area contributed by atoms with Crippen molar-refractivity contribution in [1.29, 1.82) is 0 Å². The Bertz CT molecular complexity index is 790. The zero-order chi connectivity index (χ0) is 18.5. The zero-order valence-electron chi connectivity index (χ0n) is 14.7. The Hall–Kier alpha value is -2.70. The Labute approximate surface area is 151 Å². The van der Waals surface area contributed by atoms with Gasteiger partial charge >= 0.3 is 0 Å². The number of oxazole rings is 1. The van der Waals surface area contributed by atoms with Crippen LogP contribution in [0.1, 0.15) is 42.9 Å². The van der Waals surface area contributed by atoms with Gasteiger partial charge in [0.1, 0.15) is 11.6 Å². The van der Waals surface area contributed by atoms with Crippen molar-refractivity contribution in [3.63, 3.8) is 0 Å². The van der Waals surface area contributed by atoms with E-state index < -0.39 is 0 Å². The van der Waals surface area contributed by atoms with E-state index in [0.717, 1.165) is 18.4 Å². The van der Waals surface area contributed by atoms with Crippen molar-refractivity contribution in [2.45, 2.75) is 32.1 Å². The number of carbonyl (C=O) groups is 2. The maximum absolute atomic E-state index is 13.3. The molecule has 1 fully saturated rings. The number of hydrogen-bond donors (Lipinski definition) is 1. The number of carbonyl (C=O) groups excluding carboxylic acids is 2. The van der Waals surface area contributed by atoms with Crippen LogP contribution in [0.25, 0.3) is 0 Å². The fourth-order valence-electron chi connectivity index (χ4n) is 3.16. The molecule has 0 aliphatic carbocycles. The monoisotopic (exact) mass is 359 g/mol. The average Bonchev–Trinajstić information content (AvgIpc) is 3.08. The first-order valence-electron chi connectivity index (χ1n) is 8.72. The summed E-state index contributed by atoms with van der Waals surface area (Å²) in [7, 11) is 0. The first kappa shape index (κ1) is 18.1. The van der Waals surface area contributed by atoms with Gasteiger partial charge in [0.25, 0.3) is 0 Å². The molecule has 1 N–H and O–H groups in total. The Kier molecular flexibility index (Phi) is 5.65. The van der Waals surface area contributed by atoms with Crippen LogP contribution in [0.4, 0.5) is 4.39 Å². The van der Waals surface area contributed by atoms with Crippen LogP contribution in [0.15, 0.2) is 34.9 Å². The summed E-state index contributed by atoms with van der Waals surface area (Å²) in [6, 6.07) is 6.39. The number of benzene rings is 1. The van der Waals surface area contributed by atoms with E-state index in [2.05, 4.69) is 10.3 Å². The molecule has 26 heavy (non-hydrogen) atoms.